The van der Waals surface area contributed by atoms with Crippen molar-refractivity contribution in [3.05, 3.63) is 48.5 Å². The molecule has 2 aromatic rings. The van der Waals surface area contributed by atoms with Gasteiger partial charge >= 0.3 is 15.2 Å². The number of hydrogen-bond donors (Lipinski definition) is 6. The maximum absolute atomic E-state index is 11.1. The molecule has 8 nitrogen and oxygen atoms in total. The van der Waals surface area contributed by atoms with E-state index in [9.17, 15) is 9.13 Å². The van der Waals surface area contributed by atoms with Crippen LogP contribution in [0.25, 0.3) is 0 Å². The van der Waals surface area contributed by atoms with E-state index in [1.54, 1.807) is 24.3 Å². The molecular formula is C22H34N2O6P2. The molecule has 0 spiro atoms. The number of rotatable bonds is 15. The first-order valence-corrected chi connectivity index (χ1v) is 14.2. The van der Waals surface area contributed by atoms with Gasteiger partial charge in [-0.3, -0.25) is 9.13 Å². The summed E-state index contributed by atoms with van der Waals surface area (Å²) in [5.41, 5.74) is 1.74. The van der Waals surface area contributed by atoms with E-state index >= 15 is 0 Å². The van der Waals surface area contributed by atoms with Crippen LogP contribution < -0.4 is 21.2 Å². The summed E-state index contributed by atoms with van der Waals surface area (Å²) in [5.74, 6) is 0. The van der Waals surface area contributed by atoms with Crippen LogP contribution in [0.15, 0.2) is 48.5 Å². The molecule has 0 saturated carbocycles. The first kappa shape index (κ1) is 26.6. The van der Waals surface area contributed by atoms with E-state index in [0.29, 0.717) is 0 Å². The predicted molar refractivity (Wildman–Crippen MR) is 130 cm³/mol. The van der Waals surface area contributed by atoms with E-state index in [1.807, 2.05) is 0 Å². The molecule has 0 aliphatic carbocycles. The lowest BCUT2D eigenvalue weighted by Gasteiger charge is -2.09. The zero-order chi connectivity index (χ0) is 23.5. The van der Waals surface area contributed by atoms with Gasteiger partial charge in [-0.15, -0.1) is 0 Å². The zero-order valence-corrected chi connectivity index (χ0v) is 20.0. The van der Waals surface area contributed by atoms with Gasteiger partial charge < -0.3 is 30.2 Å². The molecule has 0 saturated heterocycles. The molecule has 0 amide bonds. The first-order valence-electron chi connectivity index (χ1n) is 11.0. The van der Waals surface area contributed by atoms with Crippen molar-refractivity contribution in [2.45, 2.75) is 51.4 Å². The number of hydrogen-bond acceptors (Lipinski definition) is 4. The molecule has 0 fully saturated rings. The average molecular weight is 484 g/mol. The summed E-state index contributed by atoms with van der Waals surface area (Å²) >= 11 is 0. The zero-order valence-electron chi connectivity index (χ0n) is 18.2. The number of anilines is 2. The second-order valence-electron chi connectivity index (χ2n) is 7.86. The van der Waals surface area contributed by atoms with Crippen molar-refractivity contribution in [3.63, 3.8) is 0 Å². The van der Waals surface area contributed by atoms with Gasteiger partial charge in [0.05, 0.1) is 10.6 Å². The lowest BCUT2D eigenvalue weighted by Crippen LogP contribution is -2.06. The molecule has 2 rings (SSSR count). The molecule has 0 bridgehead atoms. The van der Waals surface area contributed by atoms with Gasteiger partial charge in [-0.25, -0.2) is 0 Å². The summed E-state index contributed by atoms with van der Waals surface area (Å²) in [4.78, 5) is 36.4. The van der Waals surface area contributed by atoms with Gasteiger partial charge in [-0.1, -0.05) is 38.5 Å². The summed E-state index contributed by atoms with van der Waals surface area (Å²) in [5, 5.41) is 6.62. The van der Waals surface area contributed by atoms with Crippen LogP contribution in [-0.4, -0.2) is 32.7 Å². The molecule has 0 aliphatic rings. The van der Waals surface area contributed by atoms with E-state index < -0.39 is 15.2 Å². The molecule has 0 aliphatic heterocycles. The molecule has 32 heavy (non-hydrogen) atoms. The highest BCUT2D eigenvalue weighted by Gasteiger charge is 2.16. The van der Waals surface area contributed by atoms with Crippen molar-refractivity contribution < 1.29 is 28.7 Å². The SMILES string of the molecule is O=P(O)(O)c1ccc(NCCCCCCCCCCNc2ccc(P(=O)(O)O)cc2)cc1. The largest absolute Gasteiger partial charge is 0.385 e. The fourth-order valence-electron chi connectivity index (χ4n) is 3.32. The molecule has 0 aromatic heterocycles. The standard InChI is InChI=1S/C22H34N2O6P2/c25-31(26,27)21-13-9-19(10-14-21)23-17-7-5-3-1-2-4-6-8-18-24-20-11-15-22(16-12-20)32(28,29)30/h9-16,23-24H,1-8,17-18H2,(H2,25,26,27)(H2,28,29,30). The Morgan fingerprint density at radius 2 is 0.781 bits per heavy atom. The Labute approximate surface area is 189 Å². The van der Waals surface area contributed by atoms with Crippen molar-refractivity contribution in [1.29, 1.82) is 0 Å². The summed E-state index contributed by atoms with van der Waals surface area (Å²) in [6, 6.07) is 12.6. The normalized spacial score (nSPS) is 12.0. The van der Waals surface area contributed by atoms with Gasteiger partial charge in [0.1, 0.15) is 0 Å². The van der Waals surface area contributed by atoms with Crippen molar-refractivity contribution in [2.24, 2.45) is 0 Å². The minimum absolute atomic E-state index is 0.0377. The van der Waals surface area contributed by atoms with Crippen LogP contribution in [-0.2, 0) is 9.13 Å². The van der Waals surface area contributed by atoms with Gasteiger partial charge in [0.2, 0.25) is 0 Å². The van der Waals surface area contributed by atoms with Gasteiger partial charge in [0, 0.05) is 24.5 Å². The fourth-order valence-corrected chi connectivity index (χ4v) is 4.40. The Morgan fingerprint density at radius 1 is 0.500 bits per heavy atom. The maximum Gasteiger partial charge on any atom is 0.356 e. The Morgan fingerprint density at radius 3 is 1.06 bits per heavy atom. The summed E-state index contributed by atoms with van der Waals surface area (Å²) < 4.78 is 22.3. The van der Waals surface area contributed by atoms with Crippen molar-refractivity contribution >= 4 is 37.2 Å². The summed E-state index contributed by atoms with van der Waals surface area (Å²) in [7, 11) is -8.34. The van der Waals surface area contributed by atoms with Crippen LogP contribution in [0.2, 0.25) is 0 Å². The molecule has 178 valence electrons. The third kappa shape index (κ3) is 10.3. The molecule has 0 unspecified atom stereocenters. The molecule has 2 aromatic carbocycles. The van der Waals surface area contributed by atoms with Crippen LogP contribution in [0, 0.1) is 0 Å². The second-order valence-corrected chi connectivity index (χ2v) is 11.1. The van der Waals surface area contributed by atoms with Gasteiger partial charge in [0.15, 0.2) is 0 Å². The third-order valence-corrected chi connectivity index (χ3v) is 7.11. The van der Waals surface area contributed by atoms with E-state index in [-0.39, 0.29) is 10.6 Å². The molecule has 0 heterocycles. The molecule has 0 radical (unpaired) electrons. The quantitative estimate of drug-likeness (QED) is 0.165. The van der Waals surface area contributed by atoms with E-state index in [0.717, 1.165) is 50.1 Å². The lowest BCUT2D eigenvalue weighted by molar-refractivity contribution is 0.385. The first-order chi connectivity index (χ1) is 15.2. The maximum atomic E-state index is 11.1. The highest BCUT2D eigenvalue weighted by Crippen LogP contribution is 2.33. The average Bonchev–Trinajstić information content (AvgIpc) is 2.74. The number of nitrogens with one attached hydrogen (secondary N) is 2. The van der Waals surface area contributed by atoms with Gasteiger partial charge in [-0.2, -0.15) is 0 Å². The van der Waals surface area contributed by atoms with Gasteiger partial charge in [0.25, 0.3) is 0 Å². The van der Waals surface area contributed by atoms with E-state index in [4.69, 9.17) is 19.6 Å². The Hall–Kier alpha value is -1.66. The number of benzene rings is 2. The van der Waals surface area contributed by atoms with E-state index in [1.165, 1.54) is 49.9 Å². The Kier molecular flexibility index (Phi) is 10.9. The monoisotopic (exact) mass is 484 g/mol. The Bertz CT molecular complexity index is 818. The molecule has 10 heteroatoms. The summed E-state index contributed by atoms with van der Waals surface area (Å²) in [6.07, 6.45) is 9.25. The predicted octanol–water partition coefficient (Wildman–Crippen LogP) is 3.94. The minimum Gasteiger partial charge on any atom is -0.385 e. The highest BCUT2D eigenvalue weighted by molar-refractivity contribution is 7.60. The van der Waals surface area contributed by atoms with E-state index in [2.05, 4.69) is 10.6 Å². The van der Waals surface area contributed by atoms with Crippen LogP contribution in [0.5, 0.6) is 0 Å². The fraction of sp³-hybridized carbons (Fsp3) is 0.455. The summed E-state index contributed by atoms with van der Waals surface area (Å²) in [6.45, 7) is 1.69. The molecular weight excluding hydrogens is 450 g/mol. The lowest BCUT2D eigenvalue weighted by atomic mass is 10.1. The van der Waals surface area contributed by atoms with Crippen LogP contribution in [0.4, 0.5) is 11.4 Å². The van der Waals surface area contributed by atoms with Crippen LogP contribution in [0.3, 0.4) is 0 Å². The molecule has 0 atom stereocenters. The minimum atomic E-state index is -4.17. The van der Waals surface area contributed by atoms with Gasteiger partial charge in [-0.05, 0) is 61.4 Å². The van der Waals surface area contributed by atoms with Crippen LogP contribution in [0.1, 0.15) is 51.4 Å². The number of unbranched alkanes of at least 4 members (excludes halogenated alkanes) is 7. The van der Waals surface area contributed by atoms with Crippen LogP contribution >= 0.6 is 15.2 Å². The van der Waals surface area contributed by atoms with Crippen molar-refractivity contribution in [2.75, 3.05) is 23.7 Å². The second kappa shape index (κ2) is 13.1. The van der Waals surface area contributed by atoms with Crippen molar-refractivity contribution in [3.8, 4) is 0 Å². The Balaban J connectivity index is 1.42. The topological polar surface area (TPSA) is 139 Å². The molecule has 6 N–H and O–H groups in total. The third-order valence-electron chi connectivity index (χ3n) is 5.17. The van der Waals surface area contributed by atoms with Crippen molar-refractivity contribution in [1.82, 2.24) is 0 Å². The smallest absolute Gasteiger partial charge is 0.356 e. The highest BCUT2D eigenvalue weighted by atomic mass is 31.2.